The predicted molar refractivity (Wildman–Crippen MR) is 119 cm³/mol. The number of aryl methyl sites for hydroxylation is 1. The van der Waals surface area contributed by atoms with Crippen LogP contribution >= 0.6 is 11.8 Å². The number of hydrogen-bond acceptors (Lipinski definition) is 6. The van der Waals surface area contributed by atoms with E-state index in [-0.39, 0.29) is 5.82 Å². The summed E-state index contributed by atoms with van der Waals surface area (Å²) < 4.78 is 23.1. The van der Waals surface area contributed by atoms with Gasteiger partial charge in [0.05, 0.1) is 12.8 Å². The lowest BCUT2D eigenvalue weighted by molar-refractivity contribution is 0.415. The van der Waals surface area contributed by atoms with Crippen molar-refractivity contribution < 1.29 is 9.13 Å². The second kappa shape index (κ2) is 9.76. The first kappa shape index (κ1) is 21.1. The number of aromatic nitrogens is 5. The van der Waals surface area contributed by atoms with Crippen LogP contribution in [0.2, 0.25) is 0 Å². The van der Waals surface area contributed by atoms with E-state index < -0.39 is 0 Å². The molecule has 0 spiro atoms. The third kappa shape index (κ3) is 4.95. The van der Waals surface area contributed by atoms with E-state index in [1.54, 1.807) is 48.1 Å². The SMILES string of the molecule is COc1ccc(-c2nn(-c3ccccc3F)cc2CNCCSc2nncn2C)cc1. The molecule has 2 heterocycles. The molecule has 31 heavy (non-hydrogen) atoms. The van der Waals surface area contributed by atoms with Gasteiger partial charge in [-0.15, -0.1) is 10.2 Å². The van der Waals surface area contributed by atoms with Gasteiger partial charge in [0.15, 0.2) is 5.16 Å². The summed E-state index contributed by atoms with van der Waals surface area (Å²) in [5.41, 5.74) is 3.15. The summed E-state index contributed by atoms with van der Waals surface area (Å²) >= 11 is 1.64. The van der Waals surface area contributed by atoms with Gasteiger partial charge in [0.1, 0.15) is 23.6 Å². The molecule has 0 fully saturated rings. The Morgan fingerprint density at radius 1 is 1.13 bits per heavy atom. The van der Waals surface area contributed by atoms with E-state index in [4.69, 9.17) is 4.74 Å². The van der Waals surface area contributed by atoms with E-state index in [1.807, 2.05) is 42.1 Å². The molecular weight excluding hydrogens is 415 g/mol. The Morgan fingerprint density at radius 2 is 1.94 bits per heavy atom. The zero-order chi connectivity index (χ0) is 21.6. The zero-order valence-corrected chi connectivity index (χ0v) is 18.1. The van der Waals surface area contributed by atoms with Crippen molar-refractivity contribution in [1.82, 2.24) is 29.9 Å². The van der Waals surface area contributed by atoms with Crippen LogP contribution in [0.3, 0.4) is 0 Å². The van der Waals surface area contributed by atoms with Gasteiger partial charge in [-0.2, -0.15) is 5.10 Å². The van der Waals surface area contributed by atoms with Crippen LogP contribution in [-0.4, -0.2) is 44.0 Å². The fraction of sp³-hybridized carbons (Fsp3) is 0.227. The highest BCUT2D eigenvalue weighted by atomic mass is 32.2. The molecule has 0 bridgehead atoms. The molecule has 4 rings (SSSR count). The second-order valence-electron chi connectivity index (χ2n) is 6.88. The van der Waals surface area contributed by atoms with Crippen molar-refractivity contribution in [2.45, 2.75) is 11.7 Å². The summed E-state index contributed by atoms with van der Waals surface area (Å²) in [6.07, 6.45) is 3.56. The summed E-state index contributed by atoms with van der Waals surface area (Å²) in [5.74, 6) is 1.31. The zero-order valence-electron chi connectivity index (χ0n) is 17.3. The number of benzene rings is 2. The maximum atomic E-state index is 14.3. The Kier molecular flexibility index (Phi) is 6.63. The lowest BCUT2D eigenvalue weighted by Gasteiger charge is -2.06. The first-order chi connectivity index (χ1) is 15.2. The van der Waals surface area contributed by atoms with Gasteiger partial charge in [-0.05, 0) is 36.4 Å². The number of halogens is 1. The molecule has 9 heteroatoms. The minimum Gasteiger partial charge on any atom is -0.497 e. The normalized spacial score (nSPS) is 11.1. The van der Waals surface area contributed by atoms with Crippen LogP contribution < -0.4 is 10.1 Å². The standard InChI is InChI=1S/C22H23FN6OS/c1-28-15-25-26-22(28)31-12-11-24-13-17-14-29(20-6-4-3-5-19(20)23)27-21(17)16-7-9-18(30-2)10-8-16/h3-10,14-15,24H,11-13H2,1-2H3. The van der Waals surface area contributed by atoms with Gasteiger partial charge in [0.2, 0.25) is 0 Å². The van der Waals surface area contributed by atoms with Crippen LogP contribution in [-0.2, 0) is 13.6 Å². The Morgan fingerprint density at radius 3 is 2.65 bits per heavy atom. The van der Waals surface area contributed by atoms with Crippen molar-refractivity contribution in [3.8, 4) is 22.7 Å². The summed E-state index contributed by atoms with van der Waals surface area (Å²) in [5, 5.41) is 17.0. The first-order valence-electron chi connectivity index (χ1n) is 9.81. The van der Waals surface area contributed by atoms with Crippen LogP contribution in [0.25, 0.3) is 16.9 Å². The summed E-state index contributed by atoms with van der Waals surface area (Å²) in [6.45, 7) is 1.39. The number of thioether (sulfide) groups is 1. The third-order valence-corrected chi connectivity index (χ3v) is 5.78. The van der Waals surface area contributed by atoms with E-state index in [2.05, 4.69) is 20.6 Å². The molecule has 7 nitrogen and oxygen atoms in total. The summed E-state index contributed by atoms with van der Waals surface area (Å²) in [4.78, 5) is 0. The molecule has 0 radical (unpaired) electrons. The molecule has 0 saturated carbocycles. The van der Waals surface area contributed by atoms with Crippen LogP contribution in [0.15, 0.2) is 66.2 Å². The molecule has 4 aromatic rings. The Hall–Kier alpha value is -3.17. The number of para-hydroxylation sites is 1. The molecule has 160 valence electrons. The molecule has 0 amide bonds. The van der Waals surface area contributed by atoms with Gasteiger partial charge in [-0.3, -0.25) is 0 Å². The maximum Gasteiger partial charge on any atom is 0.190 e. The first-order valence-corrected chi connectivity index (χ1v) is 10.8. The van der Waals surface area contributed by atoms with Crippen LogP contribution in [0.4, 0.5) is 4.39 Å². The molecule has 2 aromatic heterocycles. The molecular formula is C22H23FN6OS. The highest BCUT2D eigenvalue weighted by Crippen LogP contribution is 2.26. The van der Waals surface area contributed by atoms with Gasteiger partial charge in [-0.25, -0.2) is 9.07 Å². The van der Waals surface area contributed by atoms with E-state index >= 15 is 0 Å². The van der Waals surface area contributed by atoms with Crippen molar-refractivity contribution in [3.05, 3.63) is 72.4 Å². The Labute approximate surface area is 184 Å². The van der Waals surface area contributed by atoms with E-state index in [0.29, 0.717) is 12.2 Å². The molecule has 0 unspecified atom stereocenters. The van der Waals surface area contributed by atoms with Gasteiger partial charge in [0, 0.05) is 43.2 Å². The summed E-state index contributed by atoms with van der Waals surface area (Å²) in [7, 11) is 3.56. The van der Waals surface area contributed by atoms with Crippen LogP contribution in [0.5, 0.6) is 5.75 Å². The lowest BCUT2D eigenvalue weighted by atomic mass is 10.1. The molecule has 0 aliphatic carbocycles. The number of hydrogen-bond donors (Lipinski definition) is 1. The minimum absolute atomic E-state index is 0.314. The van der Waals surface area contributed by atoms with Crippen LogP contribution in [0, 0.1) is 5.82 Å². The van der Waals surface area contributed by atoms with Gasteiger partial charge < -0.3 is 14.6 Å². The summed E-state index contributed by atoms with van der Waals surface area (Å²) in [6, 6.07) is 14.3. The third-order valence-electron chi connectivity index (χ3n) is 4.75. The van der Waals surface area contributed by atoms with Crippen molar-refractivity contribution in [2.24, 2.45) is 7.05 Å². The fourth-order valence-corrected chi connectivity index (χ4v) is 3.92. The van der Waals surface area contributed by atoms with Crippen molar-refractivity contribution in [1.29, 1.82) is 0 Å². The number of methoxy groups -OCH3 is 1. The monoisotopic (exact) mass is 438 g/mol. The molecule has 0 atom stereocenters. The fourth-order valence-electron chi connectivity index (χ4n) is 3.13. The van der Waals surface area contributed by atoms with Crippen molar-refractivity contribution >= 4 is 11.8 Å². The van der Waals surface area contributed by atoms with Gasteiger partial charge in [-0.1, -0.05) is 23.9 Å². The lowest BCUT2D eigenvalue weighted by Crippen LogP contribution is -2.17. The Bertz CT molecular complexity index is 1140. The van der Waals surface area contributed by atoms with Gasteiger partial charge >= 0.3 is 0 Å². The number of nitrogens with zero attached hydrogens (tertiary/aromatic N) is 5. The van der Waals surface area contributed by atoms with E-state index in [9.17, 15) is 4.39 Å². The molecule has 0 aliphatic heterocycles. The van der Waals surface area contributed by atoms with E-state index in [1.165, 1.54) is 6.07 Å². The van der Waals surface area contributed by atoms with Gasteiger partial charge in [0.25, 0.3) is 0 Å². The topological polar surface area (TPSA) is 69.8 Å². The average Bonchev–Trinajstić information content (AvgIpc) is 3.40. The quantitative estimate of drug-likeness (QED) is 0.317. The highest BCUT2D eigenvalue weighted by Gasteiger charge is 2.14. The number of nitrogens with one attached hydrogen (secondary N) is 1. The van der Waals surface area contributed by atoms with Crippen molar-refractivity contribution in [2.75, 3.05) is 19.4 Å². The minimum atomic E-state index is -0.314. The highest BCUT2D eigenvalue weighted by molar-refractivity contribution is 7.99. The average molecular weight is 439 g/mol. The van der Waals surface area contributed by atoms with Crippen LogP contribution in [0.1, 0.15) is 5.56 Å². The maximum absolute atomic E-state index is 14.3. The Balaban J connectivity index is 1.51. The predicted octanol–water partition coefficient (Wildman–Crippen LogP) is 3.70. The second-order valence-corrected chi connectivity index (χ2v) is 7.94. The van der Waals surface area contributed by atoms with E-state index in [0.717, 1.165) is 40.0 Å². The largest absolute Gasteiger partial charge is 0.497 e. The van der Waals surface area contributed by atoms with Crippen molar-refractivity contribution in [3.63, 3.8) is 0 Å². The molecule has 2 aromatic carbocycles. The smallest absolute Gasteiger partial charge is 0.190 e. The molecule has 1 N–H and O–H groups in total. The number of rotatable bonds is 9. The molecule has 0 saturated heterocycles. The molecule has 0 aliphatic rings. The number of ether oxygens (including phenoxy) is 1.